The number of non-ortho nitro benzene ring substituents is 1. The summed E-state index contributed by atoms with van der Waals surface area (Å²) in [5, 5.41) is 11.4. The first-order valence-corrected chi connectivity index (χ1v) is 10.2. The molecule has 8 nitrogen and oxygen atoms in total. The number of alkyl halides is 3. The number of likely N-dealkylation sites (N-methyl/N-ethyl adjacent to an activating group) is 1. The summed E-state index contributed by atoms with van der Waals surface area (Å²) < 4.78 is 45.3. The number of fused-ring (bicyclic) bond motifs is 2. The van der Waals surface area contributed by atoms with Crippen molar-refractivity contribution in [2.75, 3.05) is 13.6 Å². The second kappa shape index (κ2) is 7.86. The maximum atomic E-state index is 13.3. The van der Waals surface area contributed by atoms with Gasteiger partial charge in [0, 0.05) is 42.4 Å². The number of rotatable bonds is 4. The van der Waals surface area contributed by atoms with Gasteiger partial charge in [-0.15, -0.1) is 0 Å². The van der Waals surface area contributed by atoms with Crippen LogP contribution < -0.4 is 4.74 Å². The highest BCUT2D eigenvalue weighted by molar-refractivity contribution is 6.04. The zero-order valence-corrected chi connectivity index (χ0v) is 18.5. The van der Waals surface area contributed by atoms with Crippen LogP contribution in [0.15, 0.2) is 48.0 Å². The van der Waals surface area contributed by atoms with Gasteiger partial charge in [0.1, 0.15) is 11.4 Å². The van der Waals surface area contributed by atoms with Crippen LogP contribution in [0.2, 0.25) is 0 Å². The highest BCUT2D eigenvalue weighted by Gasteiger charge is 2.45. The predicted molar refractivity (Wildman–Crippen MR) is 115 cm³/mol. The smallest absolute Gasteiger partial charge is 0.471 e. The molecule has 2 heterocycles. The molecule has 0 bridgehead atoms. The van der Waals surface area contributed by atoms with Gasteiger partial charge in [0.15, 0.2) is 0 Å². The molecule has 0 aromatic heterocycles. The van der Waals surface area contributed by atoms with Crippen LogP contribution in [-0.4, -0.2) is 51.9 Å². The Hall–Kier alpha value is -3.89. The second-order valence-electron chi connectivity index (χ2n) is 8.58. The lowest BCUT2D eigenvalue weighted by molar-refractivity contribution is -0.384. The quantitative estimate of drug-likeness (QED) is 0.489. The largest absolute Gasteiger partial charge is 0.483 e. The minimum atomic E-state index is -5.09. The summed E-state index contributed by atoms with van der Waals surface area (Å²) in [5.74, 6) is -2.22. The van der Waals surface area contributed by atoms with Gasteiger partial charge in [-0.25, -0.2) is 0 Å². The van der Waals surface area contributed by atoms with Gasteiger partial charge in [-0.05, 0) is 31.5 Å². The minimum Gasteiger partial charge on any atom is -0.483 e. The van der Waals surface area contributed by atoms with Gasteiger partial charge in [-0.2, -0.15) is 13.2 Å². The average Bonchev–Trinajstić information content (AvgIpc) is 3.08. The fraction of sp³-hybridized carbons (Fsp3) is 0.304. The van der Waals surface area contributed by atoms with Crippen molar-refractivity contribution in [2.45, 2.75) is 32.2 Å². The van der Waals surface area contributed by atoms with Crippen molar-refractivity contribution in [3.8, 4) is 5.75 Å². The van der Waals surface area contributed by atoms with Crippen LogP contribution in [0, 0.1) is 10.1 Å². The Labute approximate surface area is 192 Å². The summed E-state index contributed by atoms with van der Waals surface area (Å²) in [6, 6.07) is 10.7. The molecule has 2 aliphatic heterocycles. The number of benzene rings is 2. The maximum Gasteiger partial charge on any atom is 0.471 e. The van der Waals surface area contributed by atoms with E-state index >= 15 is 0 Å². The molecule has 2 aromatic rings. The number of halogens is 3. The molecule has 0 N–H and O–H groups in total. The zero-order valence-electron chi connectivity index (χ0n) is 18.5. The number of hydrogen-bond acceptors (Lipinski definition) is 5. The van der Waals surface area contributed by atoms with E-state index < -0.39 is 35.1 Å². The van der Waals surface area contributed by atoms with E-state index in [1.54, 1.807) is 38.1 Å². The predicted octanol–water partition coefficient (Wildman–Crippen LogP) is 4.15. The van der Waals surface area contributed by atoms with E-state index in [9.17, 15) is 32.9 Å². The lowest BCUT2D eigenvalue weighted by atomic mass is 9.88. The molecule has 0 unspecified atom stereocenters. The number of nitro benzene ring substituents is 1. The fourth-order valence-corrected chi connectivity index (χ4v) is 4.22. The van der Waals surface area contributed by atoms with Gasteiger partial charge in [-0.1, -0.05) is 18.2 Å². The molecule has 178 valence electrons. The van der Waals surface area contributed by atoms with E-state index in [1.165, 1.54) is 23.1 Å². The van der Waals surface area contributed by atoms with Crippen molar-refractivity contribution < 1.29 is 32.4 Å². The molecule has 2 aliphatic rings. The number of hydrogen-bond donors (Lipinski definition) is 0. The molecule has 0 radical (unpaired) electrons. The van der Waals surface area contributed by atoms with Gasteiger partial charge in [0.05, 0.1) is 17.2 Å². The molecule has 11 heteroatoms. The van der Waals surface area contributed by atoms with Crippen molar-refractivity contribution in [1.29, 1.82) is 0 Å². The monoisotopic (exact) mass is 475 g/mol. The Morgan fingerprint density at radius 3 is 2.50 bits per heavy atom. The lowest BCUT2D eigenvalue weighted by Crippen LogP contribution is -2.46. The molecule has 2 amide bonds. The van der Waals surface area contributed by atoms with Crippen molar-refractivity contribution in [1.82, 2.24) is 9.80 Å². The SMILES string of the molecule is CN(CC1=C(N2Cc3ccccc3C2=O)c2cc([N+](=O)[O-])ccc2OC1(C)C)C(=O)C(F)(F)F. The first kappa shape index (κ1) is 23.3. The summed E-state index contributed by atoms with van der Waals surface area (Å²) in [5.41, 5.74) is 0.217. The number of carbonyl (C=O) groups is 2. The van der Waals surface area contributed by atoms with Gasteiger partial charge >= 0.3 is 12.1 Å². The van der Waals surface area contributed by atoms with Gasteiger partial charge in [-0.3, -0.25) is 19.7 Å². The first-order chi connectivity index (χ1) is 15.8. The zero-order chi connectivity index (χ0) is 25.0. The Morgan fingerprint density at radius 2 is 1.88 bits per heavy atom. The molecular formula is C23H20F3N3O5. The molecule has 0 fully saturated rings. The highest BCUT2D eigenvalue weighted by Crippen LogP contribution is 2.46. The number of amides is 2. The van der Waals surface area contributed by atoms with E-state index in [4.69, 9.17) is 4.74 Å². The van der Waals surface area contributed by atoms with E-state index in [2.05, 4.69) is 0 Å². The Balaban J connectivity index is 1.92. The molecule has 0 aliphatic carbocycles. The van der Waals surface area contributed by atoms with Crippen LogP contribution in [-0.2, 0) is 11.3 Å². The second-order valence-corrected chi connectivity index (χ2v) is 8.58. The van der Waals surface area contributed by atoms with Crippen molar-refractivity contribution in [3.63, 3.8) is 0 Å². The Bertz CT molecular complexity index is 1250. The number of nitrogens with zero attached hydrogens (tertiary/aromatic N) is 3. The molecular weight excluding hydrogens is 455 g/mol. The summed E-state index contributed by atoms with van der Waals surface area (Å²) >= 11 is 0. The molecule has 0 saturated carbocycles. The van der Waals surface area contributed by atoms with E-state index in [0.717, 1.165) is 7.05 Å². The Kier molecular flexibility index (Phi) is 5.38. The van der Waals surface area contributed by atoms with Gasteiger partial charge < -0.3 is 14.5 Å². The minimum absolute atomic E-state index is 0.114. The van der Waals surface area contributed by atoms with Crippen LogP contribution in [0.1, 0.15) is 35.3 Å². The van der Waals surface area contributed by atoms with E-state index in [-0.39, 0.29) is 34.8 Å². The summed E-state index contributed by atoms with van der Waals surface area (Å²) in [6.07, 6.45) is -5.09. The first-order valence-electron chi connectivity index (χ1n) is 10.2. The molecule has 4 rings (SSSR count). The van der Waals surface area contributed by atoms with Gasteiger partial charge in [0.2, 0.25) is 0 Å². The topological polar surface area (TPSA) is 93.0 Å². The third-order valence-corrected chi connectivity index (χ3v) is 5.88. The molecule has 2 aromatic carbocycles. The van der Waals surface area contributed by atoms with Crippen molar-refractivity contribution in [2.24, 2.45) is 0 Å². The molecule has 0 saturated heterocycles. The number of carbonyl (C=O) groups excluding carboxylic acids is 2. The average molecular weight is 475 g/mol. The standard InChI is InChI=1S/C23H20F3N3O5/c1-22(2)17(12-27(3)21(31)23(24,25)26)19(16-10-14(29(32)33)8-9-18(16)34-22)28-11-13-6-4-5-7-15(13)20(28)30/h4-10H,11-12H2,1-3H3. The maximum absolute atomic E-state index is 13.3. The third kappa shape index (κ3) is 3.87. The van der Waals surface area contributed by atoms with Crippen LogP contribution >= 0.6 is 0 Å². The normalized spacial score (nSPS) is 16.6. The van der Waals surface area contributed by atoms with Crippen molar-refractivity contribution >= 4 is 23.2 Å². The van der Waals surface area contributed by atoms with E-state index in [1.807, 2.05) is 0 Å². The van der Waals surface area contributed by atoms with E-state index in [0.29, 0.717) is 16.0 Å². The number of nitro groups is 1. The molecule has 0 atom stereocenters. The molecule has 0 spiro atoms. The van der Waals surface area contributed by atoms with Crippen LogP contribution in [0.4, 0.5) is 18.9 Å². The number of ether oxygens (including phenoxy) is 1. The summed E-state index contributed by atoms with van der Waals surface area (Å²) in [6.45, 7) is 2.81. The van der Waals surface area contributed by atoms with Gasteiger partial charge in [0.25, 0.3) is 11.6 Å². The van der Waals surface area contributed by atoms with Crippen LogP contribution in [0.3, 0.4) is 0 Å². The summed E-state index contributed by atoms with van der Waals surface area (Å²) in [4.78, 5) is 37.9. The highest BCUT2D eigenvalue weighted by atomic mass is 19.4. The third-order valence-electron chi connectivity index (χ3n) is 5.88. The fourth-order valence-electron chi connectivity index (χ4n) is 4.22. The molecule has 34 heavy (non-hydrogen) atoms. The summed E-state index contributed by atoms with van der Waals surface area (Å²) in [7, 11) is 1.00. The lowest BCUT2D eigenvalue weighted by Gasteiger charge is -2.40. The van der Waals surface area contributed by atoms with Crippen molar-refractivity contribution in [3.05, 3.63) is 74.8 Å². The van der Waals surface area contributed by atoms with Crippen LogP contribution in [0.25, 0.3) is 5.70 Å². The van der Waals surface area contributed by atoms with Crippen LogP contribution in [0.5, 0.6) is 5.75 Å². The Morgan fingerprint density at radius 1 is 1.21 bits per heavy atom.